The predicted molar refractivity (Wildman–Crippen MR) is 78.3 cm³/mol. The second-order valence-corrected chi connectivity index (χ2v) is 4.32. The minimum Gasteiger partial charge on any atom is -0.490 e. The molecule has 104 valence electrons. The summed E-state index contributed by atoms with van der Waals surface area (Å²) >= 11 is 0. The van der Waals surface area contributed by atoms with Crippen LogP contribution in [0.3, 0.4) is 0 Å². The number of anilines is 1. The Labute approximate surface area is 118 Å². The molecule has 2 aromatic rings. The molecule has 0 unspecified atom stereocenters. The largest absolute Gasteiger partial charge is 0.490 e. The van der Waals surface area contributed by atoms with Crippen molar-refractivity contribution in [1.82, 2.24) is 0 Å². The number of nitrogens with two attached hydrogens (primary N) is 1. The lowest BCUT2D eigenvalue weighted by atomic mass is 10.1. The number of rotatable bonds is 6. The van der Waals surface area contributed by atoms with Gasteiger partial charge in [0.2, 0.25) is 0 Å². The van der Waals surface area contributed by atoms with E-state index in [2.05, 4.69) is 0 Å². The molecular formula is C16H17NO3. The SMILES string of the molecule is CC(=O)c1ccccc1OCCOc1ccc(N)cc1. The van der Waals surface area contributed by atoms with Crippen LogP contribution in [0.4, 0.5) is 5.69 Å². The number of carbonyl (C=O) groups is 1. The Balaban J connectivity index is 1.84. The van der Waals surface area contributed by atoms with E-state index in [4.69, 9.17) is 15.2 Å². The topological polar surface area (TPSA) is 61.5 Å². The van der Waals surface area contributed by atoms with Gasteiger partial charge in [-0.3, -0.25) is 4.79 Å². The van der Waals surface area contributed by atoms with Crippen molar-refractivity contribution in [2.75, 3.05) is 18.9 Å². The Kier molecular flexibility index (Phi) is 4.60. The maximum atomic E-state index is 11.4. The molecule has 0 heterocycles. The summed E-state index contributed by atoms with van der Waals surface area (Å²) in [6.07, 6.45) is 0. The van der Waals surface area contributed by atoms with Gasteiger partial charge in [0.1, 0.15) is 24.7 Å². The zero-order valence-electron chi connectivity index (χ0n) is 11.3. The molecule has 0 aromatic heterocycles. The molecule has 0 amide bonds. The van der Waals surface area contributed by atoms with E-state index in [1.54, 1.807) is 36.4 Å². The molecule has 4 nitrogen and oxygen atoms in total. The zero-order chi connectivity index (χ0) is 14.4. The van der Waals surface area contributed by atoms with Crippen molar-refractivity contribution in [3.05, 3.63) is 54.1 Å². The third kappa shape index (κ3) is 3.75. The Morgan fingerprint density at radius 1 is 1.00 bits per heavy atom. The van der Waals surface area contributed by atoms with E-state index >= 15 is 0 Å². The van der Waals surface area contributed by atoms with Crippen LogP contribution >= 0.6 is 0 Å². The summed E-state index contributed by atoms with van der Waals surface area (Å²) in [4.78, 5) is 11.4. The molecule has 0 saturated heterocycles. The van der Waals surface area contributed by atoms with E-state index in [1.165, 1.54) is 6.92 Å². The fraction of sp³-hybridized carbons (Fsp3) is 0.188. The molecule has 0 atom stereocenters. The van der Waals surface area contributed by atoms with Gasteiger partial charge in [0.05, 0.1) is 5.56 Å². The molecule has 2 aromatic carbocycles. The fourth-order valence-electron chi connectivity index (χ4n) is 1.76. The molecule has 0 aliphatic carbocycles. The number of hydrogen-bond acceptors (Lipinski definition) is 4. The maximum absolute atomic E-state index is 11.4. The Bertz CT molecular complexity index is 579. The molecule has 2 rings (SSSR count). The van der Waals surface area contributed by atoms with Crippen LogP contribution in [-0.4, -0.2) is 19.0 Å². The van der Waals surface area contributed by atoms with Gasteiger partial charge in [-0.05, 0) is 43.3 Å². The van der Waals surface area contributed by atoms with Crippen LogP contribution in [0.2, 0.25) is 0 Å². The van der Waals surface area contributed by atoms with Crippen molar-refractivity contribution in [3.63, 3.8) is 0 Å². The van der Waals surface area contributed by atoms with Gasteiger partial charge < -0.3 is 15.2 Å². The fourth-order valence-corrected chi connectivity index (χ4v) is 1.76. The average molecular weight is 271 g/mol. The van der Waals surface area contributed by atoms with Crippen molar-refractivity contribution in [2.24, 2.45) is 0 Å². The summed E-state index contributed by atoms with van der Waals surface area (Å²) in [5.41, 5.74) is 6.87. The predicted octanol–water partition coefficient (Wildman–Crippen LogP) is 2.93. The first-order chi connectivity index (χ1) is 9.66. The number of ether oxygens (including phenoxy) is 2. The quantitative estimate of drug-likeness (QED) is 0.498. The molecule has 0 aliphatic heterocycles. The summed E-state index contributed by atoms with van der Waals surface area (Å²) in [7, 11) is 0. The first-order valence-corrected chi connectivity index (χ1v) is 6.38. The minimum absolute atomic E-state index is 0.0138. The second kappa shape index (κ2) is 6.61. The highest BCUT2D eigenvalue weighted by molar-refractivity contribution is 5.96. The molecule has 0 bridgehead atoms. The van der Waals surface area contributed by atoms with Crippen LogP contribution in [0.5, 0.6) is 11.5 Å². The number of para-hydroxylation sites is 1. The van der Waals surface area contributed by atoms with Crippen molar-refractivity contribution in [1.29, 1.82) is 0 Å². The van der Waals surface area contributed by atoms with Crippen molar-refractivity contribution in [3.8, 4) is 11.5 Å². The van der Waals surface area contributed by atoms with Crippen molar-refractivity contribution in [2.45, 2.75) is 6.92 Å². The first kappa shape index (κ1) is 13.9. The maximum Gasteiger partial charge on any atom is 0.163 e. The van der Waals surface area contributed by atoms with Crippen LogP contribution < -0.4 is 15.2 Å². The Morgan fingerprint density at radius 3 is 2.35 bits per heavy atom. The van der Waals surface area contributed by atoms with E-state index in [0.29, 0.717) is 30.2 Å². The van der Waals surface area contributed by atoms with Crippen LogP contribution in [0.15, 0.2) is 48.5 Å². The van der Waals surface area contributed by atoms with Crippen LogP contribution in [-0.2, 0) is 0 Å². The summed E-state index contributed by atoms with van der Waals surface area (Å²) in [6.45, 7) is 2.29. The number of benzene rings is 2. The molecule has 0 saturated carbocycles. The molecule has 0 radical (unpaired) electrons. The van der Waals surface area contributed by atoms with E-state index < -0.39 is 0 Å². The molecule has 4 heteroatoms. The molecule has 20 heavy (non-hydrogen) atoms. The Hall–Kier alpha value is -2.49. The number of Topliss-reactive ketones (excluding diaryl/α,β-unsaturated/α-hetero) is 1. The highest BCUT2D eigenvalue weighted by atomic mass is 16.5. The smallest absolute Gasteiger partial charge is 0.163 e. The number of nitrogen functional groups attached to an aromatic ring is 1. The van der Waals surface area contributed by atoms with E-state index in [9.17, 15) is 4.79 Å². The average Bonchev–Trinajstić information content (AvgIpc) is 2.46. The van der Waals surface area contributed by atoms with Gasteiger partial charge in [0, 0.05) is 5.69 Å². The molecule has 2 N–H and O–H groups in total. The van der Waals surface area contributed by atoms with Crippen LogP contribution in [0.25, 0.3) is 0 Å². The zero-order valence-corrected chi connectivity index (χ0v) is 11.3. The van der Waals surface area contributed by atoms with Gasteiger partial charge in [-0.15, -0.1) is 0 Å². The molecule has 0 fully saturated rings. The molecule has 0 spiro atoms. The summed E-state index contributed by atoms with van der Waals surface area (Å²) in [5, 5.41) is 0. The van der Waals surface area contributed by atoms with Gasteiger partial charge >= 0.3 is 0 Å². The summed E-state index contributed by atoms with van der Waals surface area (Å²) in [5.74, 6) is 1.31. The molecule has 0 aliphatic rings. The lowest BCUT2D eigenvalue weighted by molar-refractivity contribution is 0.101. The van der Waals surface area contributed by atoms with Gasteiger partial charge in [-0.25, -0.2) is 0 Å². The highest BCUT2D eigenvalue weighted by Gasteiger charge is 2.06. The highest BCUT2D eigenvalue weighted by Crippen LogP contribution is 2.18. The molecular weight excluding hydrogens is 254 g/mol. The third-order valence-corrected chi connectivity index (χ3v) is 2.76. The number of hydrogen-bond donors (Lipinski definition) is 1. The summed E-state index contributed by atoms with van der Waals surface area (Å²) in [6, 6.07) is 14.3. The lowest BCUT2D eigenvalue weighted by Gasteiger charge is -2.10. The van der Waals surface area contributed by atoms with Crippen LogP contribution in [0, 0.1) is 0 Å². The van der Waals surface area contributed by atoms with Gasteiger partial charge in [0.15, 0.2) is 5.78 Å². The van der Waals surface area contributed by atoms with E-state index in [0.717, 1.165) is 5.75 Å². The van der Waals surface area contributed by atoms with E-state index in [-0.39, 0.29) is 5.78 Å². The van der Waals surface area contributed by atoms with E-state index in [1.807, 2.05) is 12.1 Å². The number of carbonyl (C=O) groups excluding carboxylic acids is 1. The van der Waals surface area contributed by atoms with Crippen LogP contribution in [0.1, 0.15) is 17.3 Å². The summed E-state index contributed by atoms with van der Waals surface area (Å²) < 4.78 is 11.1. The van der Waals surface area contributed by atoms with Crippen molar-refractivity contribution >= 4 is 11.5 Å². The van der Waals surface area contributed by atoms with Gasteiger partial charge in [-0.2, -0.15) is 0 Å². The minimum atomic E-state index is -0.0138. The monoisotopic (exact) mass is 271 g/mol. The first-order valence-electron chi connectivity index (χ1n) is 6.38. The number of ketones is 1. The van der Waals surface area contributed by atoms with Crippen molar-refractivity contribution < 1.29 is 14.3 Å². The third-order valence-electron chi connectivity index (χ3n) is 2.76. The standard InChI is InChI=1S/C16H17NO3/c1-12(18)15-4-2-3-5-16(15)20-11-10-19-14-8-6-13(17)7-9-14/h2-9H,10-11,17H2,1H3. The van der Waals surface area contributed by atoms with Gasteiger partial charge in [0.25, 0.3) is 0 Å². The van der Waals surface area contributed by atoms with Gasteiger partial charge in [-0.1, -0.05) is 12.1 Å². The lowest BCUT2D eigenvalue weighted by Crippen LogP contribution is -2.10. The normalized spacial score (nSPS) is 10.1. The second-order valence-electron chi connectivity index (χ2n) is 4.32. The Morgan fingerprint density at radius 2 is 1.65 bits per heavy atom.